The van der Waals surface area contributed by atoms with Crippen LogP contribution in [0.3, 0.4) is 0 Å². The van der Waals surface area contributed by atoms with Gasteiger partial charge < -0.3 is 13.7 Å². The van der Waals surface area contributed by atoms with Crippen LogP contribution >= 0.6 is 0 Å². The predicted octanol–water partition coefficient (Wildman–Crippen LogP) is 4.18. The largest absolute Gasteiger partial charge is 0.435 e. The molecule has 0 aliphatic heterocycles. The van der Waals surface area contributed by atoms with Crippen molar-refractivity contribution in [2.45, 2.75) is 19.9 Å². The van der Waals surface area contributed by atoms with E-state index < -0.39 is 0 Å². The molecular weight excluding hydrogens is 354 g/mol. The Morgan fingerprint density at radius 2 is 1.93 bits per heavy atom. The summed E-state index contributed by atoms with van der Waals surface area (Å²) in [6.07, 6.45) is 3.42. The molecule has 0 saturated heterocycles. The summed E-state index contributed by atoms with van der Waals surface area (Å²) in [6, 6.07) is 13.8. The second-order valence-electron chi connectivity index (χ2n) is 6.62. The first-order chi connectivity index (χ1) is 13.7. The molecule has 0 aliphatic rings. The molecule has 0 radical (unpaired) electrons. The normalized spacial score (nSPS) is 12.2. The van der Waals surface area contributed by atoms with Crippen LogP contribution in [0.5, 0.6) is 0 Å². The monoisotopic (exact) mass is 375 g/mol. The second kappa shape index (κ2) is 7.74. The van der Waals surface area contributed by atoms with Crippen LogP contribution in [0.15, 0.2) is 59.4 Å². The molecule has 0 aliphatic carbocycles. The fraction of sp³-hybridized carbons (Fsp3) is 0.238. The van der Waals surface area contributed by atoms with Gasteiger partial charge in [0.1, 0.15) is 17.7 Å². The zero-order chi connectivity index (χ0) is 19.5. The summed E-state index contributed by atoms with van der Waals surface area (Å²) in [7, 11) is 1.67. The van der Waals surface area contributed by atoms with Gasteiger partial charge >= 0.3 is 0 Å². The Morgan fingerprint density at radius 3 is 2.75 bits per heavy atom. The van der Waals surface area contributed by atoms with Crippen LogP contribution in [0, 0.1) is 6.92 Å². The van der Waals surface area contributed by atoms with Crippen LogP contribution in [0.4, 0.5) is 0 Å². The summed E-state index contributed by atoms with van der Waals surface area (Å²) in [5.41, 5.74) is 3.50. The van der Waals surface area contributed by atoms with E-state index in [2.05, 4.69) is 15.2 Å². The van der Waals surface area contributed by atoms with Crippen molar-refractivity contribution in [1.82, 2.24) is 24.7 Å². The molecule has 7 nitrogen and oxygen atoms in total. The lowest BCUT2D eigenvalue weighted by atomic mass is 10.1. The van der Waals surface area contributed by atoms with Crippen molar-refractivity contribution in [2.75, 3.05) is 13.7 Å². The van der Waals surface area contributed by atoms with Crippen LogP contribution in [0.25, 0.3) is 34.4 Å². The van der Waals surface area contributed by atoms with Gasteiger partial charge in [0.15, 0.2) is 11.6 Å². The summed E-state index contributed by atoms with van der Waals surface area (Å²) < 4.78 is 13.2. The smallest absolute Gasteiger partial charge is 0.245 e. The van der Waals surface area contributed by atoms with Crippen LogP contribution in [0.2, 0.25) is 0 Å². The van der Waals surface area contributed by atoms with E-state index in [1.54, 1.807) is 19.6 Å². The maximum absolute atomic E-state index is 5.99. The minimum atomic E-state index is 0.0925. The minimum absolute atomic E-state index is 0.0925. The quantitative estimate of drug-likeness (QED) is 0.503. The highest BCUT2D eigenvalue weighted by Gasteiger charge is 2.16. The number of benzene rings is 1. The molecular formula is C21H21N5O2. The molecule has 4 aromatic rings. The van der Waals surface area contributed by atoms with Crippen molar-refractivity contribution < 1.29 is 9.15 Å². The zero-order valence-corrected chi connectivity index (χ0v) is 16.0. The number of ether oxygens (including phenoxy) is 1. The maximum atomic E-state index is 5.99. The molecule has 1 aromatic carbocycles. The molecule has 0 bridgehead atoms. The number of methoxy groups -OCH3 is 1. The van der Waals surface area contributed by atoms with Gasteiger partial charge in [0.05, 0.1) is 18.8 Å². The first kappa shape index (κ1) is 18.1. The van der Waals surface area contributed by atoms with Gasteiger partial charge in [-0.15, -0.1) is 10.2 Å². The maximum Gasteiger partial charge on any atom is 0.245 e. The Kier molecular flexibility index (Phi) is 4.99. The van der Waals surface area contributed by atoms with Gasteiger partial charge in [-0.25, -0.2) is 9.97 Å². The van der Waals surface area contributed by atoms with Crippen molar-refractivity contribution in [2.24, 2.45) is 0 Å². The molecule has 0 fully saturated rings. The van der Waals surface area contributed by atoms with Gasteiger partial charge in [0, 0.05) is 12.7 Å². The van der Waals surface area contributed by atoms with Gasteiger partial charge in [-0.2, -0.15) is 0 Å². The fourth-order valence-electron chi connectivity index (χ4n) is 3.11. The molecule has 0 saturated carbocycles. The highest BCUT2D eigenvalue weighted by Crippen LogP contribution is 2.28. The van der Waals surface area contributed by atoms with Gasteiger partial charge in [0.25, 0.3) is 0 Å². The number of rotatable bonds is 6. The van der Waals surface area contributed by atoms with Crippen molar-refractivity contribution in [3.05, 3.63) is 60.6 Å². The number of aryl methyl sites for hydroxylation is 1. The molecule has 1 atom stereocenters. The van der Waals surface area contributed by atoms with Gasteiger partial charge in [0.2, 0.25) is 5.89 Å². The minimum Gasteiger partial charge on any atom is -0.435 e. The van der Waals surface area contributed by atoms with E-state index >= 15 is 0 Å². The topological polar surface area (TPSA) is 78.9 Å². The molecule has 3 aromatic heterocycles. The summed E-state index contributed by atoms with van der Waals surface area (Å²) in [6.45, 7) is 4.65. The summed E-state index contributed by atoms with van der Waals surface area (Å²) >= 11 is 0. The average Bonchev–Trinajstić information content (AvgIpc) is 3.39. The first-order valence-corrected chi connectivity index (χ1v) is 9.05. The number of nitrogens with zero attached hydrogens (tertiary/aromatic N) is 5. The van der Waals surface area contributed by atoms with E-state index in [-0.39, 0.29) is 6.04 Å². The highest BCUT2D eigenvalue weighted by molar-refractivity contribution is 5.64. The SMILES string of the molecule is COC[C@@H](C)n1cnnc1-c1cccc(-c2ncc(-c3ccccc3C)o2)n1. The van der Waals surface area contributed by atoms with Crippen molar-refractivity contribution in [1.29, 1.82) is 0 Å². The zero-order valence-electron chi connectivity index (χ0n) is 16.0. The third-order valence-electron chi connectivity index (χ3n) is 4.57. The molecule has 0 unspecified atom stereocenters. The third kappa shape index (κ3) is 3.44. The van der Waals surface area contributed by atoms with Crippen LogP contribution in [-0.4, -0.2) is 38.4 Å². The Labute approximate surface area is 163 Å². The predicted molar refractivity (Wildman–Crippen MR) is 106 cm³/mol. The molecule has 142 valence electrons. The van der Waals surface area contributed by atoms with E-state index in [0.717, 1.165) is 16.9 Å². The Balaban J connectivity index is 1.68. The Bertz CT molecular complexity index is 1090. The van der Waals surface area contributed by atoms with Crippen molar-refractivity contribution in [3.63, 3.8) is 0 Å². The molecule has 4 rings (SSSR count). The molecule has 3 heterocycles. The molecule has 0 N–H and O–H groups in total. The first-order valence-electron chi connectivity index (χ1n) is 9.05. The number of pyridine rings is 1. The lowest BCUT2D eigenvalue weighted by Gasteiger charge is -2.14. The standard InChI is InChI=1S/C21H21N5O2/c1-14-7-4-5-8-16(14)19-11-22-21(28-19)18-10-6-9-17(24-18)20-25-23-13-26(20)15(2)12-27-3/h4-11,13,15H,12H2,1-3H3/t15-/m1/s1. The van der Waals surface area contributed by atoms with Gasteiger partial charge in [-0.05, 0) is 31.5 Å². The van der Waals surface area contributed by atoms with Crippen molar-refractivity contribution in [3.8, 4) is 34.4 Å². The van der Waals surface area contributed by atoms with Gasteiger partial charge in [-0.3, -0.25) is 0 Å². The van der Waals surface area contributed by atoms with Crippen molar-refractivity contribution >= 4 is 0 Å². The van der Waals surface area contributed by atoms with E-state index in [4.69, 9.17) is 14.1 Å². The highest BCUT2D eigenvalue weighted by atomic mass is 16.5. The Morgan fingerprint density at radius 1 is 1.11 bits per heavy atom. The summed E-state index contributed by atoms with van der Waals surface area (Å²) in [5.74, 6) is 1.87. The average molecular weight is 375 g/mol. The van der Waals surface area contributed by atoms with E-state index in [1.807, 2.05) is 60.9 Å². The summed E-state index contributed by atoms with van der Waals surface area (Å²) in [4.78, 5) is 9.12. The number of aromatic nitrogens is 5. The van der Waals surface area contributed by atoms with Crippen LogP contribution in [0.1, 0.15) is 18.5 Å². The van der Waals surface area contributed by atoms with Gasteiger partial charge in [-0.1, -0.05) is 30.3 Å². The van der Waals surface area contributed by atoms with E-state index in [1.165, 1.54) is 0 Å². The lowest BCUT2D eigenvalue weighted by Crippen LogP contribution is -2.12. The van der Waals surface area contributed by atoms with Crippen LogP contribution < -0.4 is 0 Å². The third-order valence-corrected chi connectivity index (χ3v) is 4.57. The molecule has 0 amide bonds. The number of hydrogen-bond acceptors (Lipinski definition) is 6. The number of oxazole rings is 1. The fourth-order valence-corrected chi connectivity index (χ4v) is 3.11. The summed E-state index contributed by atoms with van der Waals surface area (Å²) in [5, 5.41) is 8.27. The number of hydrogen-bond donors (Lipinski definition) is 0. The van der Waals surface area contributed by atoms with E-state index in [9.17, 15) is 0 Å². The molecule has 28 heavy (non-hydrogen) atoms. The molecule has 7 heteroatoms. The molecule has 0 spiro atoms. The second-order valence-corrected chi connectivity index (χ2v) is 6.62. The Hall–Kier alpha value is -3.32. The van der Waals surface area contributed by atoms with Crippen LogP contribution in [-0.2, 0) is 4.74 Å². The lowest BCUT2D eigenvalue weighted by molar-refractivity contribution is 0.162. The van der Waals surface area contributed by atoms with E-state index in [0.29, 0.717) is 29.7 Å².